The van der Waals surface area contributed by atoms with Gasteiger partial charge in [0.25, 0.3) is 11.5 Å². The average molecular weight is 422 g/mol. The molecule has 3 rings (SSSR count). The molecule has 2 aromatic carbocycles. The van der Waals surface area contributed by atoms with Gasteiger partial charge in [0.1, 0.15) is 5.02 Å². The molecule has 1 N–H and O–H groups in total. The maximum atomic E-state index is 12.5. The number of nitrogens with one attached hydrogen (secondary N) is 1. The number of aromatic nitrogens is 1. The quantitative estimate of drug-likeness (QED) is 0.644. The summed E-state index contributed by atoms with van der Waals surface area (Å²) in [4.78, 5) is 24.8. The number of hydrogen-bond donors (Lipinski definition) is 1. The highest BCUT2D eigenvalue weighted by molar-refractivity contribution is 6.42. The minimum Gasteiger partial charge on any atom is -0.348 e. The number of nitrogens with zero attached hydrogens (tertiary/aromatic N) is 1. The van der Waals surface area contributed by atoms with Crippen molar-refractivity contribution in [3.05, 3.63) is 103 Å². The number of amides is 1. The molecule has 0 atom stereocenters. The van der Waals surface area contributed by atoms with Crippen LogP contribution in [-0.4, -0.2) is 10.5 Å². The van der Waals surface area contributed by atoms with Gasteiger partial charge in [-0.15, -0.1) is 0 Å². The minimum absolute atomic E-state index is 0.0255. The third kappa shape index (κ3) is 4.92. The van der Waals surface area contributed by atoms with Crippen LogP contribution in [0.25, 0.3) is 0 Å². The standard InChI is InChI=1S/C20H15Cl3N2O2/c21-16-7-6-14(8-17(16)22)11-25-12-15(9-18(23)20(25)27)19(26)24-10-13-4-2-1-3-5-13/h1-9,12H,10-11H2,(H,24,26). The van der Waals surface area contributed by atoms with E-state index in [1.165, 1.54) is 16.8 Å². The summed E-state index contributed by atoms with van der Waals surface area (Å²) >= 11 is 18.0. The Kier molecular flexibility index (Phi) is 6.22. The summed E-state index contributed by atoms with van der Waals surface area (Å²) in [5.74, 6) is -0.316. The van der Waals surface area contributed by atoms with Gasteiger partial charge in [-0.2, -0.15) is 0 Å². The molecule has 0 saturated carbocycles. The SMILES string of the molecule is O=C(NCc1ccccc1)c1cc(Cl)c(=O)n(Cc2ccc(Cl)c(Cl)c2)c1. The predicted molar refractivity (Wildman–Crippen MR) is 109 cm³/mol. The number of pyridine rings is 1. The van der Waals surface area contributed by atoms with Crippen molar-refractivity contribution < 1.29 is 4.79 Å². The molecule has 138 valence electrons. The van der Waals surface area contributed by atoms with Crippen LogP contribution in [-0.2, 0) is 13.1 Å². The third-order valence-electron chi connectivity index (χ3n) is 3.94. The lowest BCUT2D eigenvalue weighted by Gasteiger charge is -2.11. The average Bonchev–Trinajstić information content (AvgIpc) is 2.67. The Morgan fingerprint density at radius 1 is 0.889 bits per heavy atom. The van der Waals surface area contributed by atoms with Gasteiger partial charge in [0, 0.05) is 12.7 Å². The third-order valence-corrected chi connectivity index (χ3v) is 4.95. The summed E-state index contributed by atoms with van der Waals surface area (Å²) in [5.41, 5.74) is 1.66. The normalized spacial score (nSPS) is 10.6. The van der Waals surface area contributed by atoms with E-state index < -0.39 is 0 Å². The summed E-state index contributed by atoms with van der Waals surface area (Å²) in [6.45, 7) is 0.596. The van der Waals surface area contributed by atoms with E-state index in [0.717, 1.165) is 11.1 Å². The first-order valence-electron chi connectivity index (χ1n) is 8.10. The van der Waals surface area contributed by atoms with Crippen molar-refractivity contribution in [1.82, 2.24) is 9.88 Å². The summed E-state index contributed by atoms with van der Waals surface area (Å²) < 4.78 is 1.37. The molecule has 0 fully saturated rings. The summed E-state index contributed by atoms with van der Waals surface area (Å²) in [6.07, 6.45) is 1.48. The van der Waals surface area contributed by atoms with E-state index in [1.807, 2.05) is 30.3 Å². The number of halogens is 3. The van der Waals surface area contributed by atoms with Crippen molar-refractivity contribution in [3.63, 3.8) is 0 Å². The van der Waals surface area contributed by atoms with E-state index in [0.29, 0.717) is 22.2 Å². The topological polar surface area (TPSA) is 51.1 Å². The molecule has 7 heteroatoms. The van der Waals surface area contributed by atoms with Gasteiger partial charge in [0.15, 0.2) is 0 Å². The second kappa shape index (κ2) is 8.61. The van der Waals surface area contributed by atoms with E-state index in [1.54, 1.807) is 18.2 Å². The van der Waals surface area contributed by atoms with Crippen LogP contribution in [0, 0.1) is 0 Å². The largest absolute Gasteiger partial charge is 0.348 e. The lowest BCUT2D eigenvalue weighted by molar-refractivity contribution is 0.0950. The van der Waals surface area contributed by atoms with Crippen LogP contribution in [0.15, 0.2) is 65.6 Å². The first-order valence-corrected chi connectivity index (χ1v) is 9.23. The van der Waals surface area contributed by atoms with Crippen molar-refractivity contribution in [2.45, 2.75) is 13.1 Å². The van der Waals surface area contributed by atoms with E-state index in [9.17, 15) is 9.59 Å². The molecular formula is C20H15Cl3N2O2. The highest BCUT2D eigenvalue weighted by Gasteiger charge is 2.12. The van der Waals surface area contributed by atoms with Gasteiger partial charge in [-0.25, -0.2) is 0 Å². The molecular weight excluding hydrogens is 407 g/mol. The van der Waals surface area contributed by atoms with E-state index >= 15 is 0 Å². The maximum absolute atomic E-state index is 12.5. The van der Waals surface area contributed by atoms with Crippen molar-refractivity contribution in [2.24, 2.45) is 0 Å². The Morgan fingerprint density at radius 3 is 2.33 bits per heavy atom. The summed E-state index contributed by atoms with van der Waals surface area (Å²) in [6, 6.07) is 16.0. The van der Waals surface area contributed by atoms with Gasteiger partial charge in [-0.1, -0.05) is 71.2 Å². The number of rotatable bonds is 5. The number of hydrogen-bond acceptors (Lipinski definition) is 2. The fourth-order valence-electron chi connectivity index (χ4n) is 2.56. The summed E-state index contributed by atoms with van der Waals surface area (Å²) in [5, 5.41) is 3.62. The fraction of sp³-hybridized carbons (Fsp3) is 0.100. The molecule has 0 bridgehead atoms. The monoisotopic (exact) mass is 420 g/mol. The zero-order valence-corrected chi connectivity index (χ0v) is 16.4. The lowest BCUT2D eigenvalue weighted by atomic mass is 10.2. The van der Waals surface area contributed by atoms with E-state index in [2.05, 4.69) is 5.32 Å². The van der Waals surface area contributed by atoms with Crippen LogP contribution < -0.4 is 10.9 Å². The summed E-state index contributed by atoms with van der Waals surface area (Å²) in [7, 11) is 0. The van der Waals surface area contributed by atoms with Gasteiger partial charge < -0.3 is 9.88 Å². The second-order valence-electron chi connectivity index (χ2n) is 5.93. The van der Waals surface area contributed by atoms with Crippen LogP contribution in [0.4, 0.5) is 0 Å². The molecule has 0 unspecified atom stereocenters. The van der Waals surface area contributed by atoms with Gasteiger partial charge in [-0.05, 0) is 29.3 Å². The molecule has 1 heterocycles. The Bertz CT molecular complexity index is 1030. The number of carbonyl (C=O) groups is 1. The Labute approximate surface area is 171 Å². The van der Waals surface area contributed by atoms with Gasteiger partial charge in [0.2, 0.25) is 0 Å². The Hall–Kier alpha value is -2.27. The molecule has 0 aliphatic rings. The van der Waals surface area contributed by atoms with Crippen LogP contribution >= 0.6 is 34.8 Å². The molecule has 0 aliphatic heterocycles. The maximum Gasteiger partial charge on any atom is 0.269 e. The van der Waals surface area contributed by atoms with Gasteiger partial charge in [0.05, 0.1) is 22.2 Å². The molecule has 3 aromatic rings. The molecule has 1 amide bonds. The molecule has 1 aromatic heterocycles. The highest BCUT2D eigenvalue weighted by atomic mass is 35.5. The molecule has 27 heavy (non-hydrogen) atoms. The van der Waals surface area contributed by atoms with Crippen LogP contribution in [0.2, 0.25) is 15.1 Å². The molecule has 0 aliphatic carbocycles. The van der Waals surface area contributed by atoms with Gasteiger partial charge >= 0.3 is 0 Å². The molecule has 4 nitrogen and oxygen atoms in total. The predicted octanol–water partition coefficient (Wildman–Crippen LogP) is 4.79. The van der Waals surface area contributed by atoms with E-state index in [4.69, 9.17) is 34.8 Å². The Balaban J connectivity index is 1.81. The lowest BCUT2D eigenvalue weighted by Crippen LogP contribution is -2.27. The van der Waals surface area contributed by atoms with Crippen molar-refractivity contribution in [3.8, 4) is 0 Å². The van der Waals surface area contributed by atoms with Crippen molar-refractivity contribution >= 4 is 40.7 Å². The zero-order valence-electron chi connectivity index (χ0n) is 14.1. The molecule has 0 radical (unpaired) electrons. The van der Waals surface area contributed by atoms with Crippen LogP contribution in [0.1, 0.15) is 21.5 Å². The fourth-order valence-corrected chi connectivity index (χ4v) is 3.10. The molecule has 0 spiro atoms. The molecule has 0 saturated heterocycles. The minimum atomic E-state index is -0.387. The zero-order chi connectivity index (χ0) is 19.4. The number of carbonyl (C=O) groups excluding carboxylic acids is 1. The number of benzene rings is 2. The van der Waals surface area contributed by atoms with Crippen LogP contribution in [0.3, 0.4) is 0 Å². The van der Waals surface area contributed by atoms with Crippen molar-refractivity contribution in [1.29, 1.82) is 0 Å². The van der Waals surface area contributed by atoms with Crippen LogP contribution in [0.5, 0.6) is 0 Å². The highest BCUT2D eigenvalue weighted by Crippen LogP contribution is 2.23. The first kappa shape index (κ1) is 19.5. The first-order chi connectivity index (χ1) is 12.9. The smallest absolute Gasteiger partial charge is 0.269 e. The van der Waals surface area contributed by atoms with Crippen molar-refractivity contribution in [2.75, 3.05) is 0 Å². The van der Waals surface area contributed by atoms with E-state index in [-0.39, 0.29) is 23.0 Å². The Morgan fingerprint density at radius 2 is 1.63 bits per heavy atom. The van der Waals surface area contributed by atoms with Gasteiger partial charge in [-0.3, -0.25) is 9.59 Å². The second-order valence-corrected chi connectivity index (χ2v) is 7.15.